The molecule has 382 valence electrons. The first-order valence-electron chi connectivity index (χ1n) is 28.8. The highest BCUT2D eigenvalue weighted by molar-refractivity contribution is 5.71. The molecule has 0 aromatic carbocycles. The van der Waals surface area contributed by atoms with E-state index in [2.05, 4.69) is 45.1 Å². The van der Waals surface area contributed by atoms with Gasteiger partial charge in [-0.1, -0.05) is 251 Å². The van der Waals surface area contributed by atoms with Gasteiger partial charge >= 0.3 is 17.9 Å². The fourth-order valence-electron chi connectivity index (χ4n) is 8.55. The molecule has 0 aliphatic carbocycles. The van der Waals surface area contributed by atoms with Gasteiger partial charge in [0.2, 0.25) is 0 Å². The van der Waals surface area contributed by atoms with Crippen molar-refractivity contribution in [1.29, 1.82) is 0 Å². The van der Waals surface area contributed by atoms with Crippen LogP contribution >= 0.6 is 0 Å². The van der Waals surface area contributed by atoms with Gasteiger partial charge in [0.25, 0.3) is 0 Å². The third-order valence-electron chi connectivity index (χ3n) is 12.9. The number of hydrogen-bond donors (Lipinski definition) is 0. The molecule has 0 spiro atoms. The number of ether oxygens (including phenoxy) is 3. The third kappa shape index (κ3) is 52.7. The van der Waals surface area contributed by atoms with E-state index in [1.807, 2.05) is 0 Å². The van der Waals surface area contributed by atoms with E-state index < -0.39 is 6.10 Å². The van der Waals surface area contributed by atoms with Crippen molar-refractivity contribution in [2.75, 3.05) is 13.2 Å². The molecular weight excluding hydrogens is 805 g/mol. The molecule has 6 nitrogen and oxygen atoms in total. The lowest BCUT2D eigenvalue weighted by molar-refractivity contribution is -0.167. The molecule has 0 radical (unpaired) electrons. The third-order valence-corrected chi connectivity index (χ3v) is 12.9. The van der Waals surface area contributed by atoms with Crippen LogP contribution in [0.1, 0.15) is 316 Å². The molecule has 6 heteroatoms. The molecule has 0 aromatic rings. The molecule has 0 rings (SSSR count). The van der Waals surface area contributed by atoms with Crippen molar-refractivity contribution in [2.24, 2.45) is 0 Å². The van der Waals surface area contributed by atoms with Crippen molar-refractivity contribution < 1.29 is 28.6 Å². The average Bonchev–Trinajstić information content (AvgIpc) is 3.30. The van der Waals surface area contributed by atoms with E-state index in [9.17, 15) is 14.4 Å². The van der Waals surface area contributed by atoms with Crippen molar-refractivity contribution in [3.63, 3.8) is 0 Å². The fraction of sp³-hybridized carbons (Fsp3) is 0.881. The lowest BCUT2D eigenvalue weighted by Gasteiger charge is -2.18. The van der Waals surface area contributed by atoms with Crippen LogP contribution < -0.4 is 0 Å². The summed E-state index contributed by atoms with van der Waals surface area (Å²) in [5.41, 5.74) is 0. The van der Waals surface area contributed by atoms with E-state index >= 15 is 0 Å². The van der Waals surface area contributed by atoms with Crippen molar-refractivity contribution in [1.82, 2.24) is 0 Å². The number of hydrogen-bond acceptors (Lipinski definition) is 6. The lowest BCUT2D eigenvalue weighted by atomic mass is 10.0. The zero-order valence-corrected chi connectivity index (χ0v) is 43.8. The number of esters is 3. The first-order chi connectivity index (χ1) is 32.0. The molecule has 0 saturated heterocycles. The van der Waals surface area contributed by atoms with Gasteiger partial charge < -0.3 is 14.2 Å². The van der Waals surface area contributed by atoms with E-state index in [4.69, 9.17) is 14.2 Å². The van der Waals surface area contributed by atoms with Crippen molar-refractivity contribution in [3.8, 4) is 0 Å². The maximum absolute atomic E-state index is 12.8. The first-order valence-corrected chi connectivity index (χ1v) is 28.8. The topological polar surface area (TPSA) is 78.9 Å². The number of unbranched alkanes of at least 4 members (excludes halogenated alkanes) is 38. The number of allylic oxidation sites excluding steroid dienone is 4. The normalized spacial score (nSPS) is 12.1. The summed E-state index contributed by atoms with van der Waals surface area (Å²) < 4.78 is 16.9. The molecule has 65 heavy (non-hydrogen) atoms. The Morgan fingerprint density at radius 3 is 0.769 bits per heavy atom. The van der Waals surface area contributed by atoms with Crippen LogP contribution in [0.15, 0.2) is 24.3 Å². The van der Waals surface area contributed by atoms with E-state index in [1.165, 1.54) is 212 Å². The zero-order chi connectivity index (χ0) is 47.2. The van der Waals surface area contributed by atoms with E-state index in [0.29, 0.717) is 19.3 Å². The molecule has 0 bridgehead atoms. The van der Waals surface area contributed by atoms with Crippen LogP contribution in [0.4, 0.5) is 0 Å². The fourth-order valence-corrected chi connectivity index (χ4v) is 8.55. The molecule has 0 aliphatic rings. The highest BCUT2D eigenvalue weighted by atomic mass is 16.6. The molecule has 0 N–H and O–H groups in total. The maximum atomic E-state index is 12.8. The quantitative estimate of drug-likeness (QED) is 0.0262. The summed E-state index contributed by atoms with van der Waals surface area (Å²) in [7, 11) is 0. The van der Waals surface area contributed by atoms with E-state index in [0.717, 1.165) is 64.2 Å². The van der Waals surface area contributed by atoms with Gasteiger partial charge in [-0.3, -0.25) is 14.4 Å². The Morgan fingerprint density at radius 2 is 0.508 bits per heavy atom. The molecule has 0 aromatic heterocycles. The van der Waals surface area contributed by atoms with Crippen molar-refractivity contribution in [2.45, 2.75) is 322 Å². The van der Waals surface area contributed by atoms with Gasteiger partial charge in [-0.05, 0) is 70.6 Å². The Hall–Kier alpha value is -2.11. The summed E-state index contributed by atoms with van der Waals surface area (Å²) >= 11 is 0. The lowest BCUT2D eigenvalue weighted by Crippen LogP contribution is -2.30. The molecule has 0 amide bonds. The summed E-state index contributed by atoms with van der Waals surface area (Å²) in [5, 5.41) is 0. The van der Waals surface area contributed by atoms with Gasteiger partial charge in [0, 0.05) is 19.3 Å². The number of carbonyl (C=O) groups excluding carboxylic acids is 3. The summed E-state index contributed by atoms with van der Waals surface area (Å²) in [4.78, 5) is 38.1. The predicted octanol–water partition coefficient (Wildman–Crippen LogP) is 19.1. The molecule has 0 aliphatic heterocycles. The van der Waals surface area contributed by atoms with Crippen LogP contribution in [0.3, 0.4) is 0 Å². The second kappa shape index (κ2) is 54.5. The highest BCUT2D eigenvalue weighted by Gasteiger charge is 2.19. The highest BCUT2D eigenvalue weighted by Crippen LogP contribution is 2.16. The minimum Gasteiger partial charge on any atom is -0.462 e. The van der Waals surface area contributed by atoms with Crippen LogP contribution in [-0.4, -0.2) is 37.2 Å². The minimum atomic E-state index is -0.773. The Balaban J connectivity index is 4.32. The Labute approximate surface area is 404 Å². The van der Waals surface area contributed by atoms with Crippen molar-refractivity contribution >= 4 is 17.9 Å². The Bertz CT molecular complexity index is 1050. The van der Waals surface area contributed by atoms with Crippen molar-refractivity contribution in [3.05, 3.63) is 24.3 Å². The van der Waals surface area contributed by atoms with E-state index in [1.54, 1.807) is 0 Å². The van der Waals surface area contributed by atoms with Gasteiger partial charge in [-0.2, -0.15) is 0 Å². The molecule has 0 fully saturated rings. The van der Waals surface area contributed by atoms with Crippen LogP contribution in [0.2, 0.25) is 0 Å². The SMILES string of the molecule is CCCCCCC/C=C\CCCCCCCC(=O)O[C@@H](COC(=O)CCCCCCCCC/C=C\CCCCCCCCCC)COC(=O)CCCCCCCCCCCCCCCC. The average molecular weight is 916 g/mol. The van der Waals surface area contributed by atoms with Crippen LogP contribution in [0, 0.1) is 0 Å². The molecule has 0 heterocycles. The first kappa shape index (κ1) is 62.9. The number of carbonyl (C=O) groups is 3. The number of rotatable bonds is 53. The van der Waals surface area contributed by atoms with Gasteiger partial charge in [-0.15, -0.1) is 0 Å². The maximum Gasteiger partial charge on any atom is 0.306 e. The molecule has 1 atom stereocenters. The van der Waals surface area contributed by atoms with Crippen LogP contribution in [-0.2, 0) is 28.6 Å². The predicted molar refractivity (Wildman–Crippen MR) is 279 cm³/mol. The van der Waals surface area contributed by atoms with Gasteiger partial charge in [0.1, 0.15) is 13.2 Å². The summed E-state index contributed by atoms with van der Waals surface area (Å²) in [6.07, 6.45) is 63.1. The Morgan fingerprint density at radius 1 is 0.292 bits per heavy atom. The van der Waals surface area contributed by atoms with Crippen LogP contribution in [0.5, 0.6) is 0 Å². The molecule has 0 unspecified atom stereocenters. The van der Waals surface area contributed by atoms with Gasteiger partial charge in [0.05, 0.1) is 0 Å². The Kier molecular flexibility index (Phi) is 52.7. The summed E-state index contributed by atoms with van der Waals surface area (Å²) in [6, 6.07) is 0. The van der Waals surface area contributed by atoms with Gasteiger partial charge in [0.15, 0.2) is 6.10 Å². The zero-order valence-electron chi connectivity index (χ0n) is 43.8. The summed E-state index contributed by atoms with van der Waals surface area (Å²) in [6.45, 7) is 6.66. The summed E-state index contributed by atoms with van der Waals surface area (Å²) in [5.74, 6) is -0.866. The largest absolute Gasteiger partial charge is 0.462 e. The minimum absolute atomic E-state index is 0.0717. The molecular formula is C59H110O6. The standard InChI is InChI=1S/C59H110O6/c1-4-7-10-13-16-19-22-25-28-29-30-31-32-35-37-40-43-46-49-52-58(61)64-55-56(65-59(62)53-50-47-44-41-38-34-27-24-21-18-15-12-9-6-3)54-63-57(60)51-48-45-42-39-36-33-26-23-20-17-14-11-8-5-2/h24,27,29-30,56H,4-23,25-26,28,31-55H2,1-3H3/b27-24-,30-29-/t56-/m1/s1. The second-order valence-corrected chi connectivity index (χ2v) is 19.6. The molecule has 0 saturated carbocycles. The second-order valence-electron chi connectivity index (χ2n) is 19.6. The smallest absolute Gasteiger partial charge is 0.306 e. The van der Waals surface area contributed by atoms with Gasteiger partial charge in [-0.25, -0.2) is 0 Å². The van der Waals surface area contributed by atoms with Crippen LogP contribution in [0.25, 0.3) is 0 Å². The van der Waals surface area contributed by atoms with E-state index in [-0.39, 0.29) is 31.1 Å². The monoisotopic (exact) mass is 915 g/mol.